The summed E-state index contributed by atoms with van der Waals surface area (Å²) in [5, 5.41) is 0. The lowest BCUT2D eigenvalue weighted by atomic mass is 10.0. The molecule has 1 aliphatic heterocycles. The summed E-state index contributed by atoms with van der Waals surface area (Å²) >= 11 is 0. The first-order valence-electron chi connectivity index (χ1n) is 10.4. The number of fused-ring (bicyclic) bond motifs is 1. The number of allylic oxidation sites excluding steroid dienone is 3. The lowest BCUT2D eigenvalue weighted by molar-refractivity contribution is 0.0574. The Morgan fingerprint density at radius 2 is 1.79 bits per heavy atom. The van der Waals surface area contributed by atoms with Crippen molar-refractivity contribution in [1.82, 2.24) is 0 Å². The molecule has 0 bridgehead atoms. The van der Waals surface area contributed by atoms with Gasteiger partial charge in [0.2, 0.25) is 10.0 Å². The molecule has 0 fully saturated rings. The van der Waals surface area contributed by atoms with Gasteiger partial charge in [0.05, 0.1) is 22.0 Å². The fourth-order valence-electron chi connectivity index (χ4n) is 3.86. The quantitative estimate of drug-likeness (QED) is 0.641. The second-order valence-corrected chi connectivity index (χ2v) is 11.8. The monoisotopic (exact) mass is 494 g/mol. The van der Waals surface area contributed by atoms with Crippen molar-refractivity contribution >= 4 is 31.4 Å². The zero-order valence-corrected chi connectivity index (χ0v) is 19.6. The van der Waals surface area contributed by atoms with Crippen molar-refractivity contribution in [1.29, 1.82) is 0 Å². The molecule has 2 aromatic rings. The Morgan fingerprint density at radius 1 is 1.06 bits per heavy atom. The molecule has 0 spiro atoms. The molecule has 0 radical (unpaired) electrons. The van der Waals surface area contributed by atoms with Gasteiger partial charge in [0.1, 0.15) is 0 Å². The van der Waals surface area contributed by atoms with Gasteiger partial charge in [-0.25, -0.2) is 25.6 Å². The van der Waals surface area contributed by atoms with E-state index in [2.05, 4.69) is 4.72 Å². The first-order chi connectivity index (χ1) is 15.5. The summed E-state index contributed by atoms with van der Waals surface area (Å²) in [5.74, 6) is -3.24. The Hall–Kier alpha value is -2.72. The second kappa shape index (κ2) is 8.57. The van der Waals surface area contributed by atoms with Crippen molar-refractivity contribution in [3.05, 3.63) is 82.3 Å². The summed E-state index contributed by atoms with van der Waals surface area (Å²) < 4.78 is 82.1. The predicted octanol–water partition coefficient (Wildman–Crippen LogP) is 4.50. The Bertz CT molecular complexity index is 1330. The first kappa shape index (κ1) is 23.4. The molecule has 1 heterocycles. The van der Waals surface area contributed by atoms with Gasteiger partial charge in [0, 0.05) is 13.0 Å². The third kappa shape index (κ3) is 5.27. The van der Waals surface area contributed by atoms with E-state index >= 15 is 0 Å². The third-order valence-corrected chi connectivity index (χ3v) is 8.77. The molecule has 0 aromatic heterocycles. The number of hydrogen-bond acceptors (Lipinski definition) is 4. The number of nitrogens with one attached hydrogen (secondary N) is 1. The normalized spacial score (nSPS) is 17.9. The Labute approximate surface area is 192 Å². The van der Waals surface area contributed by atoms with Gasteiger partial charge >= 0.3 is 0 Å². The van der Waals surface area contributed by atoms with Crippen LogP contribution in [0.25, 0.3) is 0 Å². The smallest absolute Gasteiger partial charge is 0.270 e. The van der Waals surface area contributed by atoms with Crippen molar-refractivity contribution in [2.75, 3.05) is 15.6 Å². The fraction of sp³-hybridized carbons (Fsp3) is 0.304. The minimum Gasteiger partial charge on any atom is -0.280 e. The molecule has 0 saturated carbocycles. The Morgan fingerprint density at radius 3 is 2.45 bits per heavy atom. The molecule has 0 amide bonds. The van der Waals surface area contributed by atoms with Crippen molar-refractivity contribution in [3.8, 4) is 0 Å². The Kier molecular flexibility index (Phi) is 6.09. The van der Waals surface area contributed by atoms with Crippen LogP contribution < -0.4 is 9.03 Å². The summed E-state index contributed by atoms with van der Waals surface area (Å²) in [6, 6.07) is 12.0. The molecular formula is C23H24F2N2O4S2. The van der Waals surface area contributed by atoms with Gasteiger partial charge in [-0.1, -0.05) is 42.0 Å². The largest absolute Gasteiger partial charge is 0.280 e. The van der Waals surface area contributed by atoms with Crippen LogP contribution in [0.5, 0.6) is 0 Å². The molecule has 1 N–H and O–H groups in total. The molecule has 0 unspecified atom stereocenters. The van der Waals surface area contributed by atoms with Crippen molar-refractivity contribution in [3.63, 3.8) is 0 Å². The van der Waals surface area contributed by atoms with Gasteiger partial charge < -0.3 is 0 Å². The lowest BCUT2D eigenvalue weighted by Crippen LogP contribution is -2.36. The van der Waals surface area contributed by atoms with Gasteiger partial charge in [-0.05, 0) is 55.2 Å². The maximum atomic E-state index is 13.3. The molecule has 0 saturated heterocycles. The number of aryl methyl sites for hydroxylation is 2. The van der Waals surface area contributed by atoms with Crippen LogP contribution in [-0.4, -0.2) is 29.3 Å². The highest BCUT2D eigenvalue weighted by Gasteiger charge is 2.31. The van der Waals surface area contributed by atoms with Crippen LogP contribution in [0.4, 0.5) is 20.2 Å². The van der Waals surface area contributed by atoms with E-state index in [0.29, 0.717) is 36.7 Å². The average Bonchev–Trinajstić information content (AvgIpc) is 2.74. The molecular weight excluding hydrogens is 470 g/mol. The predicted molar refractivity (Wildman–Crippen MR) is 125 cm³/mol. The van der Waals surface area contributed by atoms with Gasteiger partial charge in [-0.15, -0.1) is 0 Å². The number of nitrogens with zero attached hydrogens (tertiary/aromatic N) is 1. The van der Waals surface area contributed by atoms with Crippen molar-refractivity contribution in [2.45, 2.75) is 37.9 Å². The van der Waals surface area contributed by atoms with Crippen LogP contribution in [0.1, 0.15) is 29.5 Å². The summed E-state index contributed by atoms with van der Waals surface area (Å²) in [4.78, 5) is -0.255. The van der Waals surface area contributed by atoms with Crippen LogP contribution in [-0.2, 0) is 32.2 Å². The van der Waals surface area contributed by atoms with Crippen LogP contribution in [0.3, 0.4) is 0 Å². The summed E-state index contributed by atoms with van der Waals surface area (Å²) in [7, 11) is -7.80. The maximum Gasteiger partial charge on any atom is 0.270 e. The third-order valence-electron chi connectivity index (χ3n) is 5.60. The van der Waals surface area contributed by atoms with Gasteiger partial charge in [-0.3, -0.25) is 9.03 Å². The number of halogens is 2. The van der Waals surface area contributed by atoms with Crippen LogP contribution in [0.2, 0.25) is 0 Å². The number of rotatable bonds is 6. The molecule has 6 nitrogen and oxygen atoms in total. The highest BCUT2D eigenvalue weighted by Crippen LogP contribution is 2.34. The molecule has 0 atom stereocenters. The number of sulfonamides is 2. The van der Waals surface area contributed by atoms with E-state index in [1.54, 1.807) is 24.3 Å². The number of benzene rings is 2. The minimum atomic E-state index is -4.10. The standard InChI is InChI=1S/C23H24F2N2O4S2/c1-17-4-6-18(7-5-17)16-32(28,29)27-14-2-3-19-8-9-20(15-22(19)27)26-33(30,31)21-10-12-23(24,25)13-11-21/h4-12,15,26H,2-3,13-14,16H2,1H3. The van der Waals surface area contributed by atoms with Crippen molar-refractivity contribution in [2.24, 2.45) is 0 Å². The molecule has 10 heteroatoms. The minimum absolute atomic E-state index is 0.165. The molecule has 176 valence electrons. The van der Waals surface area contributed by atoms with Gasteiger partial charge in [0.25, 0.3) is 15.9 Å². The zero-order valence-electron chi connectivity index (χ0n) is 18.0. The van der Waals surface area contributed by atoms with E-state index < -0.39 is 32.4 Å². The van der Waals surface area contributed by atoms with E-state index in [-0.39, 0.29) is 16.3 Å². The number of anilines is 2. The van der Waals surface area contributed by atoms with Gasteiger partial charge in [-0.2, -0.15) is 0 Å². The molecule has 33 heavy (non-hydrogen) atoms. The highest BCUT2D eigenvalue weighted by molar-refractivity contribution is 7.96. The van der Waals surface area contributed by atoms with Crippen LogP contribution >= 0.6 is 0 Å². The van der Waals surface area contributed by atoms with E-state index in [0.717, 1.165) is 23.3 Å². The van der Waals surface area contributed by atoms with E-state index in [4.69, 9.17) is 0 Å². The summed E-state index contributed by atoms with van der Waals surface area (Å²) in [6.45, 7) is 2.22. The fourth-order valence-corrected chi connectivity index (χ4v) is 6.61. The SMILES string of the molecule is Cc1ccc(CS(=O)(=O)N2CCCc3ccc(NS(=O)(=O)C4=CCC(F)(F)C=C4)cc32)cc1. The van der Waals surface area contributed by atoms with Crippen LogP contribution in [0, 0.1) is 6.92 Å². The summed E-state index contributed by atoms with van der Waals surface area (Å²) in [6.07, 6.45) is 3.03. The van der Waals surface area contributed by atoms with E-state index in [9.17, 15) is 25.6 Å². The molecule has 1 aliphatic carbocycles. The second-order valence-electron chi connectivity index (χ2n) is 8.27. The van der Waals surface area contributed by atoms with Crippen molar-refractivity contribution < 1.29 is 25.6 Å². The molecule has 4 rings (SSSR count). The molecule has 2 aromatic carbocycles. The van der Waals surface area contributed by atoms with E-state index in [1.165, 1.54) is 10.4 Å². The summed E-state index contributed by atoms with van der Waals surface area (Å²) in [5.41, 5.74) is 3.08. The Balaban J connectivity index is 1.60. The molecule has 2 aliphatic rings. The topological polar surface area (TPSA) is 83.6 Å². The van der Waals surface area contributed by atoms with Crippen LogP contribution in [0.15, 0.2) is 65.6 Å². The lowest BCUT2D eigenvalue weighted by Gasteiger charge is -2.31. The van der Waals surface area contributed by atoms with Gasteiger partial charge in [0.15, 0.2) is 0 Å². The first-order valence-corrected chi connectivity index (χ1v) is 13.5. The number of hydrogen-bond donors (Lipinski definition) is 1. The highest BCUT2D eigenvalue weighted by atomic mass is 32.2. The maximum absolute atomic E-state index is 13.3. The number of alkyl halides is 2. The van der Waals surface area contributed by atoms with E-state index in [1.807, 2.05) is 19.1 Å². The zero-order chi connectivity index (χ0) is 23.9. The average molecular weight is 495 g/mol.